The molecule has 1 fully saturated rings. The van der Waals surface area contributed by atoms with Gasteiger partial charge in [0.2, 0.25) is 0 Å². The second-order valence-corrected chi connectivity index (χ2v) is 3.48. The summed E-state index contributed by atoms with van der Waals surface area (Å²) >= 11 is 0. The average molecular weight is 142 g/mol. The van der Waals surface area contributed by atoms with Gasteiger partial charge in [-0.3, -0.25) is 0 Å². The van der Waals surface area contributed by atoms with E-state index in [0.29, 0.717) is 5.54 Å². The summed E-state index contributed by atoms with van der Waals surface area (Å²) in [7, 11) is 0. The Balaban J connectivity index is 2.01. The van der Waals surface area contributed by atoms with Gasteiger partial charge in [-0.25, -0.2) is 0 Å². The van der Waals surface area contributed by atoms with Crippen LogP contribution in [0.2, 0.25) is 0 Å². The van der Waals surface area contributed by atoms with Crippen LogP contribution in [0, 0.1) is 0 Å². The molecule has 0 bridgehead atoms. The van der Waals surface area contributed by atoms with E-state index in [1.807, 2.05) is 0 Å². The lowest BCUT2D eigenvalue weighted by Gasteiger charge is -2.39. The van der Waals surface area contributed by atoms with Crippen molar-refractivity contribution >= 4 is 0 Å². The monoisotopic (exact) mass is 142 g/mol. The van der Waals surface area contributed by atoms with Crippen LogP contribution in [-0.2, 0) is 0 Å². The highest BCUT2D eigenvalue weighted by atomic mass is 15.0. The summed E-state index contributed by atoms with van der Waals surface area (Å²) in [6, 6.07) is 0. The van der Waals surface area contributed by atoms with Gasteiger partial charge in [-0.15, -0.1) is 0 Å². The minimum atomic E-state index is 0.467. The van der Waals surface area contributed by atoms with Crippen LogP contribution < -0.4 is 11.1 Å². The Bertz CT molecular complexity index is 97.4. The topological polar surface area (TPSA) is 38.0 Å². The summed E-state index contributed by atoms with van der Waals surface area (Å²) in [5, 5.41) is 3.52. The zero-order chi connectivity index (χ0) is 7.45. The van der Waals surface area contributed by atoms with Crippen molar-refractivity contribution in [2.45, 2.75) is 38.1 Å². The third-order valence-corrected chi connectivity index (χ3v) is 2.39. The van der Waals surface area contributed by atoms with Gasteiger partial charge in [0, 0.05) is 5.54 Å². The Hall–Kier alpha value is -0.0800. The van der Waals surface area contributed by atoms with Crippen molar-refractivity contribution in [3.05, 3.63) is 0 Å². The van der Waals surface area contributed by atoms with Crippen LogP contribution >= 0.6 is 0 Å². The maximum absolute atomic E-state index is 5.38. The summed E-state index contributed by atoms with van der Waals surface area (Å²) in [6.45, 7) is 4.20. The largest absolute Gasteiger partial charge is 0.330 e. The van der Waals surface area contributed by atoms with Crippen molar-refractivity contribution in [3.63, 3.8) is 0 Å². The lowest BCUT2D eigenvalue weighted by molar-refractivity contribution is 0.209. The second-order valence-electron chi connectivity index (χ2n) is 3.48. The predicted octanol–water partition coefficient (Wildman–Crippen LogP) is 0.867. The summed E-state index contributed by atoms with van der Waals surface area (Å²) < 4.78 is 0. The van der Waals surface area contributed by atoms with Crippen molar-refractivity contribution in [2.24, 2.45) is 5.73 Å². The van der Waals surface area contributed by atoms with Crippen LogP contribution in [0.25, 0.3) is 0 Å². The van der Waals surface area contributed by atoms with E-state index in [0.717, 1.165) is 19.5 Å². The maximum Gasteiger partial charge on any atom is 0.0153 e. The Morgan fingerprint density at radius 2 is 2.20 bits per heavy atom. The van der Waals surface area contributed by atoms with Crippen LogP contribution in [0.3, 0.4) is 0 Å². The molecule has 3 N–H and O–H groups in total. The highest BCUT2D eigenvalue weighted by molar-refractivity contribution is 4.91. The number of rotatable bonds is 4. The fraction of sp³-hybridized carbons (Fsp3) is 1.00. The molecule has 0 heterocycles. The minimum absolute atomic E-state index is 0.467. The number of hydrogen-bond acceptors (Lipinski definition) is 2. The van der Waals surface area contributed by atoms with Gasteiger partial charge < -0.3 is 11.1 Å². The zero-order valence-corrected chi connectivity index (χ0v) is 6.82. The van der Waals surface area contributed by atoms with E-state index in [2.05, 4.69) is 12.2 Å². The molecule has 1 aliphatic rings. The minimum Gasteiger partial charge on any atom is -0.330 e. The van der Waals surface area contributed by atoms with E-state index >= 15 is 0 Å². The molecule has 0 unspecified atom stereocenters. The molecular formula is C8H18N2. The summed E-state index contributed by atoms with van der Waals surface area (Å²) in [6.07, 6.45) is 5.19. The number of hydrogen-bond donors (Lipinski definition) is 2. The molecule has 0 aliphatic heterocycles. The summed E-state index contributed by atoms with van der Waals surface area (Å²) in [4.78, 5) is 0. The van der Waals surface area contributed by atoms with Gasteiger partial charge in [0.1, 0.15) is 0 Å². The lowest BCUT2D eigenvalue weighted by Crippen LogP contribution is -2.48. The van der Waals surface area contributed by atoms with Crippen LogP contribution in [0.4, 0.5) is 0 Å². The summed E-state index contributed by atoms with van der Waals surface area (Å²) in [5.41, 5.74) is 5.84. The first-order chi connectivity index (χ1) is 4.77. The van der Waals surface area contributed by atoms with Gasteiger partial charge in [0.15, 0.2) is 0 Å². The molecule has 0 aromatic rings. The first kappa shape index (κ1) is 8.02. The molecule has 1 saturated carbocycles. The lowest BCUT2D eigenvalue weighted by atomic mass is 9.78. The van der Waals surface area contributed by atoms with Crippen molar-refractivity contribution in [3.8, 4) is 0 Å². The van der Waals surface area contributed by atoms with Crippen molar-refractivity contribution in [1.29, 1.82) is 0 Å². The van der Waals surface area contributed by atoms with Gasteiger partial charge in [-0.2, -0.15) is 0 Å². The first-order valence-electron chi connectivity index (χ1n) is 4.22. The van der Waals surface area contributed by atoms with Crippen molar-refractivity contribution in [2.75, 3.05) is 13.1 Å². The molecule has 0 aromatic heterocycles. The van der Waals surface area contributed by atoms with E-state index in [1.165, 1.54) is 19.3 Å². The van der Waals surface area contributed by atoms with Crippen LogP contribution in [0.1, 0.15) is 32.6 Å². The van der Waals surface area contributed by atoms with E-state index < -0.39 is 0 Å². The SMILES string of the molecule is CC1(NCCCN)CCC1. The van der Waals surface area contributed by atoms with Crippen LogP contribution in [-0.4, -0.2) is 18.6 Å². The molecule has 2 heteroatoms. The molecule has 0 saturated heterocycles. The molecule has 0 amide bonds. The molecule has 60 valence electrons. The van der Waals surface area contributed by atoms with E-state index in [9.17, 15) is 0 Å². The van der Waals surface area contributed by atoms with Gasteiger partial charge in [0.25, 0.3) is 0 Å². The quantitative estimate of drug-likeness (QED) is 0.571. The molecule has 10 heavy (non-hydrogen) atoms. The standard InChI is InChI=1S/C8H18N2/c1-8(4-2-5-8)10-7-3-6-9/h10H,2-7,9H2,1H3. The predicted molar refractivity (Wildman–Crippen MR) is 43.9 cm³/mol. The molecule has 0 spiro atoms. The zero-order valence-electron chi connectivity index (χ0n) is 6.82. The Morgan fingerprint density at radius 1 is 1.50 bits per heavy atom. The molecule has 2 nitrogen and oxygen atoms in total. The second kappa shape index (κ2) is 3.35. The summed E-state index contributed by atoms with van der Waals surface area (Å²) in [5.74, 6) is 0. The highest BCUT2D eigenvalue weighted by Crippen LogP contribution is 2.30. The molecule has 0 aromatic carbocycles. The molecule has 1 rings (SSSR count). The maximum atomic E-state index is 5.38. The molecule has 0 radical (unpaired) electrons. The highest BCUT2D eigenvalue weighted by Gasteiger charge is 2.30. The smallest absolute Gasteiger partial charge is 0.0153 e. The number of nitrogens with two attached hydrogens (primary N) is 1. The number of nitrogens with one attached hydrogen (secondary N) is 1. The Morgan fingerprint density at radius 3 is 2.60 bits per heavy atom. The van der Waals surface area contributed by atoms with Crippen molar-refractivity contribution < 1.29 is 0 Å². The first-order valence-corrected chi connectivity index (χ1v) is 4.22. The van der Waals surface area contributed by atoms with Crippen molar-refractivity contribution in [1.82, 2.24) is 5.32 Å². The molecular weight excluding hydrogens is 124 g/mol. The third-order valence-electron chi connectivity index (χ3n) is 2.39. The fourth-order valence-corrected chi connectivity index (χ4v) is 1.38. The van der Waals surface area contributed by atoms with Gasteiger partial charge in [0.05, 0.1) is 0 Å². The Kier molecular flexibility index (Phi) is 2.69. The van der Waals surface area contributed by atoms with E-state index in [1.54, 1.807) is 0 Å². The Labute approximate surface area is 63.2 Å². The van der Waals surface area contributed by atoms with Gasteiger partial charge in [-0.05, 0) is 45.7 Å². The van der Waals surface area contributed by atoms with Crippen LogP contribution in [0.15, 0.2) is 0 Å². The fourth-order valence-electron chi connectivity index (χ4n) is 1.38. The molecule has 0 atom stereocenters. The third kappa shape index (κ3) is 1.96. The van der Waals surface area contributed by atoms with E-state index in [4.69, 9.17) is 5.73 Å². The average Bonchev–Trinajstić information content (AvgIpc) is 1.85. The van der Waals surface area contributed by atoms with Gasteiger partial charge >= 0.3 is 0 Å². The van der Waals surface area contributed by atoms with Gasteiger partial charge in [-0.1, -0.05) is 0 Å². The normalized spacial score (nSPS) is 22.2. The van der Waals surface area contributed by atoms with Crippen LogP contribution in [0.5, 0.6) is 0 Å². The molecule has 1 aliphatic carbocycles. The van der Waals surface area contributed by atoms with E-state index in [-0.39, 0.29) is 0 Å².